The van der Waals surface area contributed by atoms with Gasteiger partial charge in [-0.3, -0.25) is 4.98 Å². The number of pyridine rings is 1. The van der Waals surface area contributed by atoms with Crippen molar-refractivity contribution in [2.45, 2.75) is 26.2 Å². The molecule has 11 rings (SSSR count). The molecule has 0 unspecified atom stereocenters. The summed E-state index contributed by atoms with van der Waals surface area (Å²) in [5.74, 6) is 2.01. The molecule has 9 aromatic rings. The van der Waals surface area contributed by atoms with E-state index in [9.17, 15) is 0 Å². The lowest BCUT2D eigenvalue weighted by molar-refractivity contribution is 0.794. The molecule has 0 atom stereocenters. The predicted molar refractivity (Wildman–Crippen MR) is 235 cm³/mol. The molecule has 58 heavy (non-hydrogen) atoms. The normalized spacial score (nSPS) is 12.9. The number of fused-ring (bicyclic) bond motifs is 10. The van der Waals surface area contributed by atoms with Gasteiger partial charge in [-0.2, -0.15) is 0 Å². The molecule has 4 nitrogen and oxygen atoms in total. The van der Waals surface area contributed by atoms with Gasteiger partial charge in [-0.25, -0.2) is 15.0 Å². The van der Waals surface area contributed by atoms with Gasteiger partial charge in [0.15, 0.2) is 11.6 Å². The number of hydrogen-bond donors (Lipinski definition) is 0. The Morgan fingerprint density at radius 2 is 0.897 bits per heavy atom. The molecule has 2 aliphatic rings. The summed E-state index contributed by atoms with van der Waals surface area (Å²) in [5, 5.41) is 0. The molecule has 4 heteroatoms. The molecule has 274 valence electrons. The van der Waals surface area contributed by atoms with Crippen LogP contribution in [0.1, 0.15) is 39.3 Å². The zero-order chi connectivity index (χ0) is 39.0. The van der Waals surface area contributed by atoms with Gasteiger partial charge < -0.3 is 0 Å². The number of aryl methyl sites for hydroxylation is 3. The van der Waals surface area contributed by atoms with Gasteiger partial charge in [-0.15, -0.1) is 0 Å². The molecule has 0 saturated carbocycles. The molecule has 2 aliphatic carbocycles. The molecule has 7 aromatic carbocycles. The summed E-state index contributed by atoms with van der Waals surface area (Å²) < 4.78 is 0. The Labute approximate surface area is 338 Å². The topological polar surface area (TPSA) is 51.6 Å². The monoisotopic (exact) mass is 742 g/mol. The van der Waals surface area contributed by atoms with E-state index < -0.39 is 5.41 Å². The van der Waals surface area contributed by atoms with Crippen LogP contribution in [0.25, 0.3) is 78.4 Å². The average molecular weight is 743 g/mol. The molecular formula is C54H38N4. The van der Waals surface area contributed by atoms with Gasteiger partial charge in [0.05, 0.1) is 5.41 Å². The number of hydrogen-bond acceptors (Lipinski definition) is 4. The lowest BCUT2D eigenvalue weighted by atomic mass is 9.70. The van der Waals surface area contributed by atoms with E-state index in [4.69, 9.17) is 15.0 Å². The van der Waals surface area contributed by atoms with Gasteiger partial charge in [0, 0.05) is 23.0 Å². The molecule has 1 spiro atoms. The minimum atomic E-state index is -0.518. The van der Waals surface area contributed by atoms with E-state index in [0.29, 0.717) is 17.5 Å². The Morgan fingerprint density at radius 3 is 1.62 bits per heavy atom. The average Bonchev–Trinajstić information content (AvgIpc) is 3.74. The van der Waals surface area contributed by atoms with E-state index in [2.05, 4.69) is 183 Å². The van der Waals surface area contributed by atoms with Crippen molar-refractivity contribution in [2.24, 2.45) is 0 Å². The Morgan fingerprint density at radius 1 is 0.345 bits per heavy atom. The Bertz CT molecular complexity index is 3060. The van der Waals surface area contributed by atoms with E-state index in [1.165, 1.54) is 66.8 Å². The van der Waals surface area contributed by atoms with Crippen molar-refractivity contribution >= 4 is 0 Å². The third kappa shape index (κ3) is 5.08. The van der Waals surface area contributed by atoms with Gasteiger partial charge in [-0.1, -0.05) is 152 Å². The molecule has 0 bridgehead atoms. The molecule has 2 heterocycles. The summed E-state index contributed by atoms with van der Waals surface area (Å²) >= 11 is 0. The van der Waals surface area contributed by atoms with E-state index in [1.807, 2.05) is 19.2 Å². The number of rotatable bonds is 5. The number of aromatic nitrogens is 4. The summed E-state index contributed by atoms with van der Waals surface area (Å²) in [6, 6.07) is 61.6. The van der Waals surface area contributed by atoms with Crippen LogP contribution in [0.5, 0.6) is 0 Å². The van der Waals surface area contributed by atoms with Crippen LogP contribution in [0.4, 0.5) is 0 Å². The molecule has 0 amide bonds. The van der Waals surface area contributed by atoms with Gasteiger partial charge in [-0.05, 0) is 122 Å². The second-order valence-electron chi connectivity index (χ2n) is 15.5. The van der Waals surface area contributed by atoms with Gasteiger partial charge in [0.1, 0.15) is 5.82 Å². The number of benzene rings is 7. The van der Waals surface area contributed by atoms with Crippen LogP contribution in [0, 0.1) is 20.8 Å². The first-order valence-corrected chi connectivity index (χ1v) is 19.9. The zero-order valence-electron chi connectivity index (χ0n) is 32.5. The minimum Gasteiger partial charge on any atom is -0.261 e. The fourth-order valence-corrected chi connectivity index (χ4v) is 9.62. The Balaban J connectivity index is 1.13. The van der Waals surface area contributed by atoms with E-state index >= 15 is 0 Å². The smallest absolute Gasteiger partial charge is 0.164 e. The highest BCUT2D eigenvalue weighted by Crippen LogP contribution is 2.63. The highest BCUT2D eigenvalue weighted by Gasteiger charge is 2.51. The van der Waals surface area contributed by atoms with Crippen LogP contribution in [0.3, 0.4) is 0 Å². The van der Waals surface area contributed by atoms with Crippen LogP contribution < -0.4 is 0 Å². The molecule has 0 aliphatic heterocycles. The second kappa shape index (κ2) is 13.1. The lowest BCUT2D eigenvalue weighted by Crippen LogP contribution is -2.25. The maximum absolute atomic E-state index is 5.22. The molecule has 0 fully saturated rings. The van der Waals surface area contributed by atoms with Gasteiger partial charge in [0.25, 0.3) is 0 Å². The van der Waals surface area contributed by atoms with E-state index in [1.54, 1.807) is 0 Å². The zero-order valence-corrected chi connectivity index (χ0v) is 32.5. The quantitative estimate of drug-likeness (QED) is 0.176. The van der Waals surface area contributed by atoms with Crippen LogP contribution in [0.2, 0.25) is 0 Å². The third-order valence-corrected chi connectivity index (χ3v) is 12.1. The van der Waals surface area contributed by atoms with Crippen molar-refractivity contribution < 1.29 is 0 Å². The maximum Gasteiger partial charge on any atom is 0.164 e. The second-order valence-corrected chi connectivity index (χ2v) is 15.5. The molecule has 0 radical (unpaired) electrons. The highest BCUT2D eigenvalue weighted by molar-refractivity contribution is 5.98. The summed E-state index contributed by atoms with van der Waals surface area (Å²) in [6.07, 6.45) is 1.98. The largest absolute Gasteiger partial charge is 0.261 e. The lowest BCUT2D eigenvalue weighted by Gasteiger charge is -2.30. The first-order valence-electron chi connectivity index (χ1n) is 19.9. The van der Waals surface area contributed by atoms with Crippen LogP contribution in [-0.4, -0.2) is 19.9 Å². The third-order valence-electron chi connectivity index (χ3n) is 12.1. The van der Waals surface area contributed by atoms with Crippen LogP contribution >= 0.6 is 0 Å². The standard InChI is InChI=1S/C54H38N4/c1-33-32-55-34(2)29-46(33)41-19-9-7-18-40(41)37-26-28-50-47(30-37)44-27-25-38(31-51(44)54(50)48-23-13-11-20-42(48)43-21-12-14-24-49(43)54)52-56-35(3)57-53(58-52)45-22-10-8-17-39(45)36-15-5-4-6-16-36/h4-32H,1-3H3. The van der Waals surface area contributed by atoms with Crippen molar-refractivity contribution in [1.29, 1.82) is 0 Å². The minimum absolute atomic E-state index is 0.518. The van der Waals surface area contributed by atoms with Crippen molar-refractivity contribution in [3.63, 3.8) is 0 Å². The Kier molecular flexibility index (Phi) is 7.70. The maximum atomic E-state index is 5.22. The van der Waals surface area contributed by atoms with Crippen molar-refractivity contribution in [2.75, 3.05) is 0 Å². The molecule has 0 N–H and O–H groups in total. The summed E-state index contributed by atoms with van der Waals surface area (Å²) in [5.41, 5.74) is 20.8. The van der Waals surface area contributed by atoms with Crippen molar-refractivity contribution in [3.05, 3.63) is 215 Å². The summed E-state index contributed by atoms with van der Waals surface area (Å²) in [7, 11) is 0. The van der Waals surface area contributed by atoms with E-state index in [0.717, 1.165) is 33.5 Å². The van der Waals surface area contributed by atoms with E-state index in [-0.39, 0.29) is 0 Å². The predicted octanol–water partition coefficient (Wildman–Crippen LogP) is 12.9. The molecule has 0 saturated heterocycles. The highest BCUT2D eigenvalue weighted by atomic mass is 15.0. The fraction of sp³-hybridized carbons (Fsp3) is 0.0741. The first-order chi connectivity index (χ1) is 28.5. The van der Waals surface area contributed by atoms with Crippen LogP contribution in [0.15, 0.2) is 176 Å². The van der Waals surface area contributed by atoms with Crippen LogP contribution in [-0.2, 0) is 5.41 Å². The van der Waals surface area contributed by atoms with Crippen molar-refractivity contribution in [3.8, 4) is 78.4 Å². The first kappa shape index (κ1) is 34.0. The molecular weight excluding hydrogens is 705 g/mol. The number of nitrogens with zero attached hydrogens (tertiary/aromatic N) is 4. The molecule has 2 aromatic heterocycles. The summed E-state index contributed by atoms with van der Waals surface area (Å²) in [4.78, 5) is 19.7. The van der Waals surface area contributed by atoms with Crippen molar-refractivity contribution in [1.82, 2.24) is 19.9 Å². The van der Waals surface area contributed by atoms with Gasteiger partial charge >= 0.3 is 0 Å². The summed E-state index contributed by atoms with van der Waals surface area (Å²) in [6.45, 7) is 6.17. The van der Waals surface area contributed by atoms with Gasteiger partial charge in [0.2, 0.25) is 0 Å². The SMILES string of the molecule is Cc1cc(-c2ccccc2-c2ccc3c(c2)-c2ccc(-c4nc(C)nc(-c5ccccc5-c5ccccc5)n4)cc2C32c3ccccc3-c3ccccc32)c(C)cn1. The Hall–Kier alpha value is -7.30. The fourth-order valence-electron chi connectivity index (χ4n) is 9.62.